The molecule has 0 N–H and O–H groups in total. The summed E-state index contributed by atoms with van der Waals surface area (Å²) in [6, 6.07) is 7.95. The summed E-state index contributed by atoms with van der Waals surface area (Å²) < 4.78 is 5.67. The molecule has 18 heavy (non-hydrogen) atoms. The van der Waals surface area contributed by atoms with Gasteiger partial charge in [-0.1, -0.05) is 31.2 Å². The number of aryl methyl sites for hydroxylation is 1. The third-order valence-electron chi connectivity index (χ3n) is 3.91. The third-order valence-corrected chi connectivity index (χ3v) is 3.91. The molecule has 0 bridgehead atoms. The third kappa shape index (κ3) is 1.57. The molecule has 0 amide bonds. The predicted octanol–water partition coefficient (Wildman–Crippen LogP) is 2.52. The Bertz CT molecular complexity index is 535. The fourth-order valence-corrected chi connectivity index (χ4v) is 2.81. The highest BCUT2D eigenvalue weighted by Crippen LogP contribution is 2.35. The van der Waals surface area contributed by atoms with Crippen molar-refractivity contribution in [2.45, 2.75) is 44.8 Å². The molecule has 0 saturated heterocycles. The SMILES string of the molecule is CC[C@@H]1N=C2c3ccccc3CC[C@]2(C)OC1=O. The van der Waals surface area contributed by atoms with Gasteiger partial charge in [-0.05, 0) is 31.7 Å². The van der Waals surface area contributed by atoms with Crippen LogP contribution >= 0.6 is 0 Å². The average molecular weight is 243 g/mol. The molecule has 1 heterocycles. The first-order valence-electron chi connectivity index (χ1n) is 6.53. The minimum atomic E-state index is -0.531. The number of ether oxygens (including phenoxy) is 1. The minimum absolute atomic E-state index is 0.178. The van der Waals surface area contributed by atoms with Gasteiger partial charge in [-0.15, -0.1) is 0 Å². The van der Waals surface area contributed by atoms with Crippen molar-refractivity contribution in [1.82, 2.24) is 0 Å². The lowest BCUT2D eigenvalue weighted by Gasteiger charge is -2.40. The van der Waals surface area contributed by atoms with Gasteiger partial charge in [0, 0.05) is 5.56 Å². The Labute approximate surface area is 107 Å². The Hall–Kier alpha value is -1.64. The van der Waals surface area contributed by atoms with Crippen LogP contribution in [0.1, 0.15) is 37.8 Å². The van der Waals surface area contributed by atoms with Gasteiger partial charge in [0.2, 0.25) is 0 Å². The summed E-state index contributed by atoms with van der Waals surface area (Å²) in [6.07, 6.45) is 2.46. The molecule has 3 rings (SSSR count). The molecule has 0 aromatic heterocycles. The molecule has 1 aliphatic heterocycles. The van der Waals surface area contributed by atoms with Gasteiger partial charge in [-0.25, -0.2) is 4.79 Å². The van der Waals surface area contributed by atoms with Crippen molar-refractivity contribution < 1.29 is 9.53 Å². The van der Waals surface area contributed by atoms with Crippen molar-refractivity contribution in [2.75, 3.05) is 0 Å². The van der Waals surface area contributed by atoms with Gasteiger partial charge in [0.15, 0.2) is 5.60 Å². The normalized spacial score (nSPS) is 30.0. The Morgan fingerprint density at radius 3 is 3.00 bits per heavy atom. The fourth-order valence-electron chi connectivity index (χ4n) is 2.81. The van der Waals surface area contributed by atoms with Gasteiger partial charge in [0.05, 0.1) is 5.71 Å². The van der Waals surface area contributed by atoms with E-state index in [0.29, 0.717) is 6.42 Å². The summed E-state index contributed by atoms with van der Waals surface area (Å²) in [4.78, 5) is 16.5. The number of carbonyl (C=O) groups excluding carboxylic acids is 1. The molecule has 0 fully saturated rings. The number of esters is 1. The number of aliphatic imine (C=N–C) groups is 1. The summed E-state index contributed by atoms with van der Waals surface area (Å²) in [5.41, 5.74) is 2.88. The van der Waals surface area contributed by atoms with E-state index in [2.05, 4.69) is 17.1 Å². The Morgan fingerprint density at radius 1 is 1.44 bits per heavy atom. The van der Waals surface area contributed by atoms with E-state index >= 15 is 0 Å². The number of nitrogens with zero attached hydrogens (tertiary/aromatic N) is 1. The quantitative estimate of drug-likeness (QED) is 0.711. The summed E-state index contributed by atoms with van der Waals surface area (Å²) in [6.45, 7) is 3.94. The smallest absolute Gasteiger partial charge is 0.331 e. The molecule has 0 spiro atoms. The van der Waals surface area contributed by atoms with Crippen LogP contribution < -0.4 is 0 Å². The highest BCUT2D eigenvalue weighted by molar-refractivity contribution is 6.11. The number of rotatable bonds is 1. The summed E-state index contributed by atoms with van der Waals surface area (Å²) >= 11 is 0. The Balaban J connectivity index is 2.15. The van der Waals surface area contributed by atoms with Crippen LogP contribution in [0.5, 0.6) is 0 Å². The molecule has 3 nitrogen and oxygen atoms in total. The monoisotopic (exact) mass is 243 g/mol. The van der Waals surface area contributed by atoms with Crippen LogP contribution in [-0.4, -0.2) is 23.3 Å². The average Bonchev–Trinajstić information content (AvgIpc) is 2.37. The van der Waals surface area contributed by atoms with E-state index in [4.69, 9.17) is 4.74 Å². The molecule has 1 aromatic carbocycles. The highest BCUT2D eigenvalue weighted by atomic mass is 16.6. The molecule has 3 heteroatoms. The van der Waals surface area contributed by atoms with Crippen molar-refractivity contribution in [2.24, 2.45) is 4.99 Å². The lowest BCUT2D eigenvalue weighted by molar-refractivity contribution is -0.156. The predicted molar refractivity (Wildman–Crippen MR) is 69.9 cm³/mol. The minimum Gasteiger partial charge on any atom is -0.451 e. The van der Waals surface area contributed by atoms with Gasteiger partial charge in [0.1, 0.15) is 6.04 Å². The van der Waals surface area contributed by atoms with Gasteiger partial charge in [0.25, 0.3) is 0 Å². The highest BCUT2D eigenvalue weighted by Gasteiger charge is 2.44. The maximum atomic E-state index is 11.9. The van der Waals surface area contributed by atoms with Gasteiger partial charge >= 0.3 is 5.97 Å². The number of carbonyl (C=O) groups is 1. The van der Waals surface area contributed by atoms with Crippen molar-refractivity contribution >= 4 is 11.7 Å². The molecule has 1 aromatic rings. The standard InChI is InChI=1S/C15H17NO2/c1-3-12-14(17)18-15(2)9-8-10-6-4-5-7-11(10)13(15)16-12/h4-7,12H,3,8-9H2,1-2H3/t12-,15-/m0/s1. The largest absolute Gasteiger partial charge is 0.451 e. The van der Waals surface area contributed by atoms with Crippen LogP contribution in [-0.2, 0) is 16.0 Å². The second-order valence-corrected chi connectivity index (χ2v) is 5.21. The zero-order valence-electron chi connectivity index (χ0n) is 10.8. The second kappa shape index (κ2) is 3.94. The number of hydrogen-bond acceptors (Lipinski definition) is 3. The van der Waals surface area contributed by atoms with E-state index in [0.717, 1.165) is 24.1 Å². The Morgan fingerprint density at radius 2 is 2.22 bits per heavy atom. The number of benzene rings is 1. The molecule has 2 aliphatic rings. The topological polar surface area (TPSA) is 38.7 Å². The van der Waals surface area contributed by atoms with Crippen molar-refractivity contribution in [3.05, 3.63) is 35.4 Å². The molecular weight excluding hydrogens is 226 g/mol. The van der Waals surface area contributed by atoms with E-state index in [1.54, 1.807) is 0 Å². The summed E-state index contributed by atoms with van der Waals surface area (Å²) in [7, 11) is 0. The fraction of sp³-hybridized carbons (Fsp3) is 0.467. The number of hydrogen-bond donors (Lipinski definition) is 0. The molecule has 0 radical (unpaired) electrons. The maximum absolute atomic E-state index is 11.9. The summed E-state index contributed by atoms with van der Waals surface area (Å²) in [5, 5.41) is 0. The van der Waals surface area contributed by atoms with Crippen LogP contribution in [0, 0.1) is 0 Å². The molecule has 0 unspecified atom stereocenters. The van der Waals surface area contributed by atoms with Crippen LogP contribution in [0.3, 0.4) is 0 Å². The van der Waals surface area contributed by atoms with Crippen LogP contribution in [0.15, 0.2) is 29.3 Å². The van der Waals surface area contributed by atoms with E-state index in [-0.39, 0.29) is 12.0 Å². The first-order chi connectivity index (χ1) is 8.64. The van der Waals surface area contributed by atoms with Crippen LogP contribution in [0.2, 0.25) is 0 Å². The number of fused-ring (bicyclic) bond motifs is 3. The Kier molecular flexibility index (Phi) is 2.51. The van der Waals surface area contributed by atoms with Gasteiger partial charge in [-0.3, -0.25) is 4.99 Å². The molecular formula is C15H17NO2. The van der Waals surface area contributed by atoms with Gasteiger partial charge in [-0.2, -0.15) is 0 Å². The zero-order chi connectivity index (χ0) is 12.8. The summed E-state index contributed by atoms with van der Waals surface area (Å²) in [5.74, 6) is -0.178. The van der Waals surface area contributed by atoms with Gasteiger partial charge < -0.3 is 4.74 Å². The first-order valence-corrected chi connectivity index (χ1v) is 6.53. The van der Waals surface area contributed by atoms with E-state index in [1.807, 2.05) is 26.0 Å². The van der Waals surface area contributed by atoms with Crippen LogP contribution in [0.4, 0.5) is 0 Å². The van der Waals surface area contributed by atoms with E-state index < -0.39 is 5.60 Å². The lowest BCUT2D eigenvalue weighted by Crippen LogP contribution is -2.50. The molecule has 2 atom stereocenters. The van der Waals surface area contributed by atoms with Crippen molar-refractivity contribution in [1.29, 1.82) is 0 Å². The maximum Gasteiger partial charge on any atom is 0.331 e. The second-order valence-electron chi connectivity index (χ2n) is 5.21. The van der Waals surface area contributed by atoms with Crippen LogP contribution in [0.25, 0.3) is 0 Å². The van der Waals surface area contributed by atoms with E-state index in [1.165, 1.54) is 5.56 Å². The zero-order valence-corrected chi connectivity index (χ0v) is 10.8. The first kappa shape index (κ1) is 11.5. The van der Waals surface area contributed by atoms with E-state index in [9.17, 15) is 4.79 Å². The molecule has 1 aliphatic carbocycles. The van der Waals surface area contributed by atoms with Crippen molar-refractivity contribution in [3.63, 3.8) is 0 Å². The van der Waals surface area contributed by atoms with Crippen molar-refractivity contribution in [3.8, 4) is 0 Å². The molecule has 0 saturated carbocycles. The molecule has 94 valence electrons. The lowest BCUT2D eigenvalue weighted by atomic mass is 9.78.